The summed E-state index contributed by atoms with van der Waals surface area (Å²) in [4.78, 5) is 20.0. The van der Waals surface area contributed by atoms with Gasteiger partial charge in [-0.15, -0.1) is 0 Å². The lowest BCUT2D eigenvalue weighted by atomic mass is 10.2. The van der Waals surface area contributed by atoms with Crippen LogP contribution >= 0.6 is 0 Å². The Morgan fingerprint density at radius 1 is 1.19 bits per heavy atom. The Bertz CT molecular complexity index is 749. The number of pyridine rings is 1. The van der Waals surface area contributed by atoms with E-state index in [1.165, 1.54) is 5.56 Å². The maximum Gasteiger partial charge on any atom is 0.252 e. The zero-order chi connectivity index (χ0) is 19.5. The predicted octanol–water partition coefficient (Wildman–Crippen LogP) is 1.75. The maximum absolute atomic E-state index is 11.9. The minimum atomic E-state index is -0.145. The van der Waals surface area contributed by atoms with Crippen molar-refractivity contribution >= 4 is 11.9 Å². The number of amides is 1. The standard InChI is InChI=1S/C20H27N5O2/c1-15-6-4-8-18(12-15)27-16(2)13-25-20(21-3)24-11-10-23-19(26)17-7-5-9-22-14-17/h4-9,12,14,16H,10-11,13H2,1-3H3,(H,23,26)(H2,21,24,25). The highest BCUT2D eigenvalue weighted by Gasteiger charge is 2.07. The van der Waals surface area contributed by atoms with Crippen molar-refractivity contribution in [1.82, 2.24) is 20.9 Å². The van der Waals surface area contributed by atoms with Crippen molar-refractivity contribution < 1.29 is 9.53 Å². The smallest absolute Gasteiger partial charge is 0.252 e. The number of carbonyl (C=O) groups is 1. The molecule has 1 atom stereocenters. The Kier molecular flexibility index (Phi) is 8.09. The van der Waals surface area contributed by atoms with Crippen molar-refractivity contribution in [2.75, 3.05) is 26.7 Å². The minimum Gasteiger partial charge on any atom is -0.489 e. The van der Waals surface area contributed by atoms with Crippen LogP contribution in [0.25, 0.3) is 0 Å². The quantitative estimate of drug-likeness (QED) is 0.375. The van der Waals surface area contributed by atoms with Crippen LogP contribution in [0, 0.1) is 6.92 Å². The van der Waals surface area contributed by atoms with E-state index < -0.39 is 0 Å². The number of guanidine groups is 1. The van der Waals surface area contributed by atoms with Crippen LogP contribution < -0.4 is 20.7 Å². The van der Waals surface area contributed by atoms with E-state index in [1.807, 2.05) is 38.1 Å². The number of hydrogen-bond acceptors (Lipinski definition) is 4. The number of aliphatic imine (C=N–C) groups is 1. The molecule has 0 spiro atoms. The van der Waals surface area contributed by atoms with E-state index in [4.69, 9.17) is 4.74 Å². The topological polar surface area (TPSA) is 87.6 Å². The third-order valence-electron chi connectivity index (χ3n) is 3.73. The Morgan fingerprint density at radius 3 is 2.70 bits per heavy atom. The second kappa shape index (κ2) is 10.8. The number of hydrogen-bond donors (Lipinski definition) is 3. The summed E-state index contributed by atoms with van der Waals surface area (Å²) < 4.78 is 5.89. The van der Waals surface area contributed by atoms with Crippen LogP contribution in [0.5, 0.6) is 5.75 Å². The highest BCUT2D eigenvalue weighted by molar-refractivity contribution is 5.93. The molecule has 144 valence electrons. The van der Waals surface area contributed by atoms with Gasteiger partial charge in [0.2, 0.25) is 0 Å². The average molecular weight is 369 g/mol. The molecule has 7 nitrogen and oxygen atoms in total. The van der Waals surface area contributed by atoms with Crippen LogP contribution in [0.15, 0.2) is 53.8 Å². The molecule has 0 radical (unpaired) electrons. The van der Waals surface area contributed by atoms with Gasteiger partial charge in [0.1, 0.15) is 11.9 Å². The van der Waals surface area contributed by atoms with Crippen LogP contribution in [-0.4, -0.2) is 49.6 Å². The molecule has 1 amide bonds. The van der Waals surface area contributed by atoms with Crippen molar-refractivity contribution in [3.8, 4) is 5.75 Å². The predicted molar refractivity (Wildman–Crippen MR) is 107 cm³/mol. The molecule has 0 aliphatic rings. The molecule has 2 rings (SSSR count). The number of ether oxygens (including phenoxy) is 1. The van der Waals surface area contributed by atoms with Gasteiger partial charge in [-0.25, -0.2) is 0 Å². The number of carbonyl (C=O) groups excluding carboxylic acids is 1. The Labute approximate surface area is 160 Å². The molecule has 0 fully saturated rings. The Hall–Kier alpha value is -3.09. The first-order valence-corrected chi connectivity index (χ1v) is 8.94. The third-order valence-corrected chi connectivity index (χ3v) is 3.73. The first-order valence-electron chi connectivity index (χ1n) is 8.94. The molecule has 1 aromatic heterocycles. The summed E-state index contributed by atoms with van der Waals surface area (Å²) >= 11 is 0. The van der Waals surface area contributed by atoms with Gasteiger partial charge in [0, 0.05) is 32.5 Å². The SMILES string of the molecule is CN=C(NCCNC(=O)c1cccnc1)NCC(C)Oc1cccc(C)c1. The highest BCUT2D eigenvalue weighted by Crippen LogP contribution is 2.13. The van der Waals surface area contributed by atoms with Gasteiger partial charge in [-0.1, -0.05) is 12.1 Å². The van der Waals surface area contributed by atoms with E-state index in [0.717, 1.165) is 5.75 Å². The molecule has 2 aromatic rings. The molecular formula is C20H27N5O2. The van der Waals surface area contributed by atoms with Gasteiger partial charge in [0.25, 0.3) is 5.91 Å². The van der Waals surface area contributed by atoms with Crippen molar-refractivity contribution in [3.05, 3.63) is 59.9 Å². The summed E-state index contributed by atoms with van der Waals surface area (Å²) in [7, 11) is 1.70. The summed E-state index contributed by atoms with van der Waals surface area (Å²) in [5.41, 5.74) is 1.71. The van der Waals surface area contributed by atoms with Crippen molar-refractivity contribution in [3.63, 3.8) is 0 Å². The van der Waals surface area contributed by atoms with Gasteiger partial charge in [0.05, 0.1) is 12.1 Å². The second-order valence-electron chi connectivity index (χ2n) is 6.12. The fraction of sp³-hybridized carbons (Fsp3) is 0.350. The molecule has 1 unspecified atom stereocenters. The van der Waals surface area contributed by atoms with E-state index in [0.29, 0.717) is 31.2 Å². The first kappa shape index (κ1) is 20.2. The summed E-state index contributed by atoms with van der Waals surface area (Å²) in [6, 6.07) is 11.4. The lowest BCUT2D eigenvalue weighted by Gasteiger charge is -2.18. The number of aromatic nitrogens is 1. The molecule has 0 bridgehead atoms. The maximum atomic E-state index is 11.9. The van der Waals surface area contributed by atoms with Crippen LogP contribution in [0.2, 0.25) is 0 Å². The van der Waals surface area contributed by atoms with Crippen LogP contribution in [0.1, 0.15) is 22.8 Å². The van der Waals surface area contributed by atoms with Gasteiger partial charge < -0.3 is 20.7 Å². The fourth-order valence-corrected chi connectivity index (χ4v) is 2.38. The van der Waals surface area contributed by atoms with E-state index in [2.05, 4.69) is 25.9 Å². The Balaban J connectivity index is 1.66. The van der Waals surface area contributed by atoms with Gasteiger partial charge in [-0.05, 0) is 43.7 Å². The number of nitrogens with zero attached hydrogens (tertiary/aromatic N) is 2. The molecule has 3 N–H and O–H groups in total. The van der Waals surface area contributed by atoms with Gasteiger partial charge in [-0.2, -0.15) is 0 Å². The van der Waals surface area contributed by atoms with E-state index in [-0.39, 0.29) is 12.0 Å². The monoisotopic (exact) mass is 369 g/mol. The summed E-state index contributed by atoms with van der Waals surface area (Å²) in [6.07, 6.45) is 3.16. The van der Waals surface area contributed by atoms with Gasteiger partial charge in [0.15, 0.2) is 5.96 Å². The molecule has 1 aromatic carbocycles. The van der Waals surface area contributed by atoms with Gasteiger partial charge in [-0.3, -0.25) is 14.8 Å². The van der Waals surface area contributed by atoms with E-state index >= 15 is 0 Å². The highest BCUT2D eigenvalue weighted by atomic mass is 16.5. The number of benzene rings is 1. The average Bonchev–Trinajstić information content (AvgIpc) is 2.68. The van der Waals surface area contributed by atoms with Crippen molar-refractivity contribution in [1.29, 1.82) is 0 Å². The summed E-state index contributed by atoms with van der Waals surface area (Å²) in [5, 5.41) is 9.20. The first-order chi connectivity index (χ1) is 13.1. The zero-order valence-corrected chi connectivity index (χ0v) is 16.0. The third kappa shape index (κ3) is 7.35. The molecule has 0 saturated carbocycles. The summed E-state index contributed by atoms with van der Waals surface area (Å²) in [6.45, 7) is 5.67. The van der Waals surface area contributed by atoms with Crippen molar-refractivity contribution in [2.45, 2.75) is 20.0 Å². The van der Waals surface area contributed by atoms with E-state index in [9.17, 15) is 4.79 Å². The van der Waals surface area contributed by atoms with Crippen molar-refractivity contribution in [2.24, 2.45) is 4.99 Å². The zero-order valence-electron chi connectivity index (χ0n) is 16.0. The summed E-state index contributed by atoms with van der Waals surface area (Å²) in [5.74, 6) is 1.36. The normalized spacial score (nSPS) is 12.2. The van der Waals surface area contributed by atoms with E-state index in [1.54, 1.807) is 31.6 Å². The minimum absolute atomic E-state index is 0.0179. The molecule has 0 aliphatic heterocycles. The number of nitrogens with one attached hydrogen (secondary N) is 3. The molecular weight excluding hydrogens is 342 g/mol. The van der Waals surface area contributed by atoms with Crippen LogP contribution in [0.4, 0.5) is 0 Å². The lowest BCUT2D eigenvalue weighted by molar-refractivity contribution is 0.0954. The fourth-order valence-electron chi connectivity index (χ4n) is 2.38. The van der Waals surface area contributed by atoms with Crippen LogP contribution in [-0.2, 0) is 0 Å². The van der Waals surface area contributed by atoms with Gasteiger partial charge >= 0.3 is 0 Å². The van der Waals surface area contributed by atoms with Crippen LogP contribution in [0.3, 0.4) is 0 Å². The molecule has 0 aliphatic carbocycles. The second-order valence-corrected chi connectivity index (χ2v) is 6.12. The Morgan fingerprint density at radius 2 is 2.00 bits per heavy atom. The molecule has 27 heavy (non-hydrogen) atoms. The number of aryl methyl sites for hydroxylation is 1. The lowest BCUT2D eigenvalue weighted by Crippen LogP contribution is -2.44. The number of rotatable bonds is 8. The molecule has 1 heterocycles. The largest absolute Gasteiger partial charge is 0.489 e. The molecule has 0 saturated heterocycles. The molecule has 7 heteroatoms.